The first kappa shape index (κ1) is 22.7. The van der Waals surface area contributed by atoms with Gasteiger partial charge in [0, 0.05) is 31.2 Å². The number of nitrogens with two attached hydrogens (primary N) is 1. The highest BCUT2D eigenvalue weighted by atomic mass is 35.5. The normalized spacial score (nSPS) is 12.7. The fourth-order valence-electron chi connectivity index (χ4n) is 2.21. The van der Waals surface area contributed by atoms with Gasteiger partial charge in [0.2, 0.25) is 5.13 Å². The van der Waals surface area contributed by atoms with Crippen molar-refractivity contribution in [1.29, 1.82) is 0 Å². The maximum absolute atomic E-state index is 14.3. The Morgan fingerprint density at radius 1 is 1.32 bits per heavy atom. The van der Waals surface area contributed by atoms with Crippen LogP contribution in [0.25, 0.3) is 0 Å². The first-order valence-corrected chi connectivity index (χ1v) is 11.1. The minimum Gasteiger partial charge on any atom is -0.390 e. The maximum Gasteiger partial charge on any atom is 0.266 e. The van der Waals surface area contributed by atoms with Gasteiger partial charge in [-0.05, 0) is 31.5 Å². The molecule has 2 rings (SSSR count). The van der Waals surface area contributed by atoms with Gasteiger partial charge in [0.1, 0.15) is 17.0 Å². The first-order valence-electron chi connectivity index (χ1n) is 8.44. The summed E-state index contributed by atoms with van der Waals surface area (Å²) in [5, 5.41) is 15.5. The first-order chi connectivity index (χ1) is 13.3. The number of benzene rings is 1. The van der Waals surface area contributed by atoms with Gasteiger partial charge in [0.15, 0.2) is 0 Å². The molecular formula is C15H22ClFN6O3S2. The zero-order chi connectivity index (χ0) is 20.6. The highest BCUT2D eigenvalue weighted by Gasteiger charge is 2.22. The molecule has 0 radical (unpaired) electrons. The molecule has 0 bridgehead atoms. The highest BCUT2D eigenvalue weighted by molar-refractivity contribution is 7.93. The minimum atomic E-state index is -4.16. The van der Waals surface area contributed by atoms with Crippen LogP contribution in [0.2, 0.25) is 5.02 Å². The van der Waals surface area contributed by atoms with Crippen LogP contribution in [0.1, 0.15) is 12.8 Å². The Bertz CT molecular complexity index is 854. The molecule has 0 spiro atoms. The van der Waals surface area contributed by atoms with E-state index in [2.05, 4.69) is 24.7 Å². The third-order valence-corrected chi connectivity index (χ3v) is 6.02. The van der Waals surface area contributed by atoms with Crippen LogP contribution < -0.4 is 21.1 Å². The predicted molar refractivity (Wildman–Crippen MR) is 108 cm³/mol. The summed E-state index contributed by atoms with van der Waals surface area (Å²) in [7, 11) is -4.16. The van der Waals surface area contributed by atoms with Crippen molar-refractivity contribution in [2.45, 2.75) is 23.8 Å². The van der Waals surface area contributed by atoms with E-state index >= 15 is 0 Å². The van der Waals surface area contributed by atoms with Crippen LogP contribution in [-0.2, 0) is 10.0 Å². The van der Waals surface area contributed by atoms with E-state index in [9.17, 15) is 17.9 Å². The van der Waals surface area contributed by atoms with Gasteiger partial charge in [-0.25, -0.2) is 17.8 Å². The van der Waals surface area contributed by atoms with Crippen molar-refractivity contribution in [2.24, 2.45) is 5.73 Å². The van der Waals surface area contributed by atoms with Crippen molar-refractivity contribution in [2.75, 3.05) is 36.2 Å². The van der Waals surface area contributed by atoms with Gasteiger partial charge in [0.05, 0.1) is 16.8 Å². The van der Waals surface area contributed by atoms with E-state index < -0.39 is 26.8 Å². The molecule has 1 atom stereocenters. The largest absolute Gasteiger partial charge is 0.390 e. The van der Waals surface area contributed by atoms with E-state index in [1.165, 1.54) is 6.33 Å². The molecular weight excluding hydrogens is 431 g/mol. The number of rotatable bonds is 12. The maximum atomic E-state index is 14.3. The summed E-state index contributed by atoms with van der Waals surface area (Å²) in [6.45, 7) is 1.87. The summed E-state index contributed by atoms with van der Waals surface area (Å²) < 4.78 is 44.8. The zero-order valence-corrected chi connectivity index (χ0v) is 17.2. The van der Waals surface area contributed by atoms with Crippen LogP contribution in [0.3, 0.4) is 0 Å². The number of aliphatic hydroxyl groups is 1. The molecule has 156 valence electrons. The van der Waals surface area contributed by atoms with Crippen molar-refractivity contribution >= 4 is 44.0 Å². The van der Waals surface area contributed by atoms with Gasteiger partial charge in [-0.1, -0.05) is 11.6 Å². The Morgan fingerprint density at radius 3 is 2.75 bits per heavy atom. The SMILES string of the molecule is NC[C@@H](O)CNCCCCNc1cc(F)c(S(=O)(=O)Nc2ncns2)cc1Cl. The Hall–Kier alpha value is -1.57. The van der Waals surface area contributed by atoms with Crippen LogP contribution >= 0.6 is 23.1 Å². The Kier molecular flexibility index (Phi) is 8.79. The number of sulfonamides is 1. The van der Waals surface area contributed by atoms with Crippen LogP contribution in [0.5, 0.6) is 0 Å². The summed E-state index contributed by atoms with van der Waals surface area (Å²) >= 11 is 6.94. The number of aliphatic hydroxyl groups excluding tert-OH is 1. The third kappa shape index (κ3) is 6.79. The number of nitrogens with one attached hydrogen (secondary N) is 3. The van der Waals surface area contributed by atoms with Crippen LogP contribution in [0.15, 0.2) is 23.4 Å². The summed E-state index contributed by atoms with van der Waals surface area (Å²) in [6.07, 6.45) is 2.22. The lowest BCUT2D eigenvalue weighted by atomic mass is 10.2. The van der Waals surface area contributed by atoms with Crippen molar-refractivity contribution in [3.63, 3.8) is 0 Å². The second kappa shape index (κ2) is 10.8. The number of halogens is 2. The van der Waals surface area contributed by atoms with E-state index in [4.69, 9.17) is 17.3 Å². The monoisotopic (exact) mass is 452 g/mol. The standard InChI is InChI=1S/C15H22ClFN6O3S2/c16-11-5-14(28(25,26)23-15-21-9-22-27-15)12(17)6-13(11)20-4-2-1-3-19-8-10(24)7-18/h5-6,9-10,19-20,24H,1-4,7-8,18H2,(H,21,22,23)/t10-/m1/s1. The topological polar surface area (TPSA) is 142 Å². The molecule has 1 heterocycles. The van der Waals surface area contributed by atoms with E-state index in [1.807, 2.05) is 0 Å². The molecule has 0 aliphatic carbocycles. The molecule has 9 nitrogen and oxygen atoms in total. The summed E-state index contributed by atoms with van der Waals surface area (Å²) in [6, 6.07) is 2.10. The molecule has 0 fully saturated rings. The van der Waals surface area contributed by atoms with Gasteiger partial charge in [-0.15, -0.1) is 0 Å². The number of nitrogens with zero attached hydrogens (tertiary/aromatic N) is 2. The van der Waals surface area contributed by atoms with Crippen LogP contribution in [0.4, 0.5) is 15.2 Å². The fourth-order valence-corrected chi connectivity index (χ4v) is 4.25. The van der Waals surface area contributed by atoms with E-state index in [-0.39, 0.29) is 16.7 Å². The number of hydrogen-bond acceptors (Lipinski definition) is 9. The second-order valence-corrected chi connectivity index (χ2v) is 8.68. The van der Waals surface area contributed by atoms with Crippen LogP contribution in [-0.4, -0.2) is 55.2 Å². The number of unbranched alkanes of at least 4 members (excludes halogenated alkanes) is 1. The molecule has 0 saturated heterocycles. The van der Waals surface area contributed by atoms with Gasteiger partial charge in [0.25, 0.3) is 10.0 Å². The lowest BCUT2D eigenvalue weighted by Crippen LogP contribution is -2.33. The third-order valence-electron chi connectivity index (χ3n) is 3.64. The Labute approximate surface area is 171 Å². The number of anilines is 2. The summed E-state index contributed by atoms with van der Waals surface area (Å²) in [5.74, 6) is -0.929. The van der Waals surface area contributed by atoms with E-state index in [0.717, 1.165) is 36.5 Å². The molecule has 1 aromatic carbocycles. The van der Waals surface area contributed by atoms with Gasteiger partial charge >= 0.3 is 0 Å². The number of hydrogen-bond donors (Lipinski definition) is 5. The molecule has 0 aliphatic rings. The van der Waals surface area contributed by atoms with Crippen LogP contribution in [0, 0.1) is 5.82 Å². The van der Waals surface area contributed by atoms with Gasteiger partial charge in [-0.2, -0.15) is 4.37 Å². The molecule has 2 aromatic rings. The lowest BCUT2D eigenvalue weighted by molar-refractivity contribution is 0.179. The van der Waals surface area contributed by atoms with E-state index in [0.29, 0.717) is 25.3 Å². The minimum absolute atomic E-state index is 0.0327. The van der Waals surface area contributed by atoms with Gasteiger partial charge in [-0.3, -0.25) is 4.72 Å². The summed E-state index contributed by atoms with van der Waals surface area (Å²) in [5.41, 5.74) is 5.61. The molecule has 0 aliphatic heterocycles. The molecule has 0 saturated carbocycles. The molecule has 28 heavy (non-hydrogen) atoms. The predicted octanol–water partition coefficient (Wildman–Crippen LogP) is 1.23. The van der Waals surface area contributed by atoms with Crippen molar-refractivity contribution < 1.29 is 17.9 Å². The van der Waals surface area contributed by atoms with Crippen molar-refractivity contribution in [3.05, 3.63) is 29.3 Å². The molecule has 1 aromatic heterocycles. The lowest BCUT2D eigenvalue weighted by Gasteiger charge is -2.12. The molecule has 0 unspecified atom stereocenters. The number of aromatic nitrogens is 2. The van der Waals surface area contributed by atoms with Crippen molar-refractivity contribution in [1.82, 2.24) is 14.7 Å². The zero-order valence-electron chi connectivity index (χ0n) is 14.9. The van der Waals surface area contributed by atoms with E-state index in [1.54, 1.807) is 0 Å². The quantitative estimate of drug-likeness (QED) is 0.303. The van der Waals surface area contributed by atoms with Gasteiger partial charge < -0.3 is 21.5 Å². The highest BCUT2D eigenvalue weighted by Crippen LogP contribution is 2.29. The average molecular weight is 453 g/mol. The van der Waals surface area contributed by atoms with Crippen molar-refractivity contribution in [3.8, 4) is 0 Å². The summed E-state index contributed by atoms with van der Waals surface area (Å²) in [4.78, 5) is 3.14. The molecule has 0 amide bonds. The molecule has 13 heteroatoms. The Balaban J connectivity index is 1.87. The second-order valence-electron chi connectivity index (χ2n) is 5.84. The average Bonchev–Trinajstić information content (AvgIpc) is 3.15. The molecule has 6 N–H and O–H groups in total. The smallest absolute Gasteiger partial charge is 0.266 e. The Morgan fingerprint density at radius 2 is 2.07 bits per heavy atom. The fraction of sp³-hybridized carbons (Fsp3) is 0.467.